The number of halogens is 1. The Bertz CT molecular complexity index is 378. The summed E-state index contributed by atoms with van der Waals surface area (Å²) in [6.07, 6.45) is 3.56. The molecule has 0 amide bonds. The van der Waals surface area contributed by atoms with Gasteiger partial charge in [0.15, 0.2) is 0 Å². The average Bonchev–Trinajstić information content (AvgIpc) is 2.86. The van der Waals surface area contributed by atoms with Gasteiger partial charge in [0.25, 0.3) is 0 Å². The maximum Gasteiger partial charge on any atom is 0.235 e. The van der Waals surface area contributed by atoms with Gasteiger partial charge in [-0.2, -0.15) is 4.99 Å². The van der Waals surface area contributed by atoms with E-state index in [9.17, 15) is 4.79 Å². The Morgan fingerprint density at radius 3 is 2.77 bits per heavy atom. The molecule has 2 nitrogen and oxygen atoms in total. The van der Waals surface area contributed by atoms with Gasteiger partial charge in [0, 0.05) is 4.47 Å². The lowest BCUT2D eigenvalue weighted by molar-refractivity contribution is 0.556. The summed E-state index contributed by atoms with van der Waals surface area (Å²) in [6.45, 7) is 0. The lowest BCUT2D eigenvalue weighted by atomic mass is 10.1. The van der Waals surface area contributed by atoms with E-state index in [0.717, 1.165) is 22.9 Å². The normalized spacial score (nSPS) is 17.6. The smallest absolute Gasteiger partial charge is 0.211 e. The molecule has 1 aliphatic rings. The molecular formula is C10H8BrNO. The maximum atomic E-state index is 10.2. The zero-order valence-corrected chi connectivity index (χ0v) is 8.54. The van der Waals surface area contributed by atoms with Crippen LogP contribution in [0.25, 0.3) is 0 Å². The van der Waals surface area contributed by atoms with Gasteiger partial charge in [-0.25, -0.2) is 4.79 Å². The number of aliphatic imine (C=N–C) groups is 1. The largest absolute Gasteiger partial charge is 0.235 e. The van der Waals surface area contributed by atoms with Gasteiger partial charge in [-0.3, -0.25) is 0 Å². The third kappa shape index (κ3) is 1.58. The molecule has 0 bridgehead atoms. The van der Waals surface area contributed by atoms with Crippen LogP contribution in [0.1, 0.15) is 18.4 Å². The van der Waals surface area contributed by atoms with Gasteiger partial charge in [0.05, 0.1) is 5.54 Å². The Kier molecular flexibility index (Phi) is 2.06. The summed E-state index contributed by atoms with van der Waals surface area (Å²) in [6, 6.07) is 7.93. The molecule has 0 atom stereocenters. The fourth-order valence-electron chi connectivity index (χ4n) is 1.45. The summed E-state index contributed by atoms with van der Waals surface area (Å²) in [7, 11) is 0. The number of carbonyl (C=O) groups excluding carboxylic acids is 1. The number of hydrogen-bond donors (Lipinski definition) is 0. The number of benzene rings is 1. The minimum Gasteiger partial charge on any atom is -0.211 e. The van der Waals surface area contributed by atoms with Crippen LogP contribution < -0.4 is 0 Å². The quantitative estimate of drug-likeness (QED) is 0.575. The summed E-state index contributed by atoms with van der Waals surface area (Å²) in [5.41, 5.74) is 0.858. The van der Waals surface area contributed by atoms with E-state index in [4.69, 9.17) is 0 Å². The minimum absolute atomic E-state index is 0.245. The third-order valence-corrected chi connectivity index (χ3v) is 2.84. The van der Waals surface area contributed by atoms with Crippen molar-refractivity contribution in [2.75, 3.05) is 0 Å². The molecule has 0 N–H and O–H groups in total. The fourth-order valence-corrected chi connectivity index (χ4v) is 1.85. The summed E-state index contributed by atoms with van der Waals surface area (Å²) >= 11 is 3.39. The van der Waals surface area contributed by atoms with Gasteiger partial charge < -0.3 is 0 Å². The summed E-state index contributed by atoms with van der Waals surface area (Å²) in [5, 5.41) is 0. The van der Waals surface area contributed by atoms with Crippen molar-refractivity contribution >= 4 is 22.0 Å². The van der Waals surface area contributed by atoms with E-state index in [2.05, 4.69) is 20.9 Å². The Balaban J connectivity index is 2.40. The number of hydrogen-bond acceptors (Lipinski definition) is 2. The van der Waals surface area contributed by atoms with Crippen LogP contribution in [0.5, 0.6) is 0 Å². The molecule has 0 heterocycles. The fraction of sp³-hybridized carbons (Fsp3) is 0.300. The van der Waals surface area contributed by atoms with Crippen molar-refractivity contribution in [1.82, 2.24) is 0 Å². The van der Waals surface area contributed by atoms with E-state index in [-0.39, 0.29) is 5.54 Å². The minimum atomic E-state index is -0.245. The Morgan fingerprint density at radius 1 is 1.46 bits per heavy atom. The highest BCUT2D eigenvalue weighted by Gasteiger charge is 2.44. The van der Waals surface area contributed by atoms with Crippen molar-refractivity contribution in [2.24, 2.45) is 4.99 Å². The monoisotopic (exact) mass is 237 g/mol. The van der Waals surface area contributed by atoms with E-state index in [1.54, 1.807) is 6.08 Å². The molecular weight excluding hydrogens is 230 g/mol. The second-order valence-corrected chi connectivity index (χ2v) is 4.16. The van der Waals surface area contributed by atoms with Crippen molar-refractivity contribution in [2.45, 2.75) is 18.4 Å². The second-order valence-electron chi connectivity index (χ2n) is 3.25. The lowest BCUT2D eigenvalue weighted by Crippen LogP contribution is -2.01. The lowest BCUT2D eigenvalue weighted by Gasteiger charge is -2.07. The van der Waals surface area contributed by atoms with E-state index in [0.29, 0.717) is 0 Å². The van der Waals surface area contributed by atoms with Crippen LogP contribution in [-0.4, -0.2) is 6.08 Å². The van der Waals surface area contributed by atoms with Crippen molar-refractivity contribution in [3.05, 3.63) is 34.3 Å². The van der Waals surface area contributed by atoms with Crippen molar-refractivity contribution in [1.29, 1.82) is 0 Å². The molecule has 2 rings (SSSR count). The molecule has 0 aromatic heterocycles. The van der Waals surface area contributed by atoms with Gasteiger partial charge in [-0.1, -0.05) is 28.1 Å². The van der Waals surface area contributed by atoms with Crippen LogP contribution in [0.4, 0.5) is 0 Å². The summed E-state index contributed by atoms with van der Waals surface area (Å²) in [5.74, 6) is 0. The van der Waals surface area contributed by atoms with Crippen LogP contribution >= 0.6 is 15.9 Å². The highest BCUT2D eigenvalue weighted by molar-refractivity contribution is 9.10. The highest BCUT2D eigenvalue weighted by Crippen LogP contribution is 2.49. The first-order valence-electron chi connectivity index (χ1n) is 4.12. The van der Waals surface area contributed by atoms with Crippen LogP contribution in [0.3, 0.4) is 0 Å². The standard InChI is InChI=1S/C10H8BrNO/c11-9-3-1-2-8(6-9)10(4-5-10)12-7-13/h1-3,6H,4-5H2. The Labute approximate surface area is 84.8 Å². The van der Waals surface area contributed by atoms with Crippen LogP contribution in [0.15, 0.2) is 33.7 Å². The Morgan fingerprint density at radius 2 is 2.23 bits per heavy atom. The summed E-state index contributed by atoms with van der Waals surface area (Å²) < 4.78 is 1.03. The number of isocyanates is 1. The van der Waals surface area contributed by atoms with E-state index in [1.807, 2.05) is 24.3 Å². The second kappa shape index (κ2) is 3.09. The molecule has 1 fully saturated rings. The van der Waals surface area contributed by atoms with Crippen molar-refractivity contribution in [3.8, 4) is 0 Å². The van der Waals surface area contributed by atoms with Crippen LogP contribution in [0, 0.1) is 0 Å². The highest BCUT2D eigenvalue weighted by atomic mass is 79.9. The predicted octanol–water partition coefficient (Wildman–Crippen LogP) is 2.77. The molecule has 0 saturated heterocycles. The van der Waals surface area contributed by atoms with Crippen molar-refractivity contribution < 1.29 is 4.79 Å². The van der Waals surface area contributed by atoms with Crippen LogP contribution in [-0.2, 0) is 10.3 Å². The van der Waals surface area contributed by atoms with Crippen LogP contribution in [0.2, 0.25) is 0 Å². The molecule has 13 heavy (non-hydrogen) atoms. The predicted molar refractivity (Wildman–Crippen MR) is 53.2 cm³/mol. The van der Waals surface area contributed by atoms with E-state index >= 15 is 0 Å². The third-order valence-electron chi connectivity index (χ3n) is 2.35. The SMILES string of the molecule is O=C=NC1(c2cccc(Br)c2)CC1. The molecule has 66 valence electrons. The van der Waals surface area contributed by atoms with E-state index in [1.165, 1.54) is 0 Å². The topological polar surface area (TPSA) is 29.4 Å². The first-order valence-corrected chi connectivity index (χ1v) is 4.91. The van der Waals surface area contributed by atoms with Gasteiger partial charge >= 0.3 is 0 Å². The molecule has 1 saturated carbocycles. The zero-order valence-electron chi connectivity index (χ0n) is 6.96. The molecule has 0 aliphatic heterocycles. The molecule has 0 unspecified atom stereocenters. The molecule has 0 spiro atoms. The maximum absolute atomic E-state index is 10.2. The van der Waals surface area contributed by atoms with Gasteiger partial charge in [-0.15, -0.1) is 0 Å². The molecule has 0 radical (unpaired) electrons. The van der Waals surface area contributed by atoms with E-state index < -0.39 is 0 Å². The van der Waals surface area contributed by atoms with Gasteiger partial charge in [-0.05, 0) is 30.5 Å². The first-order chi connectivity index (χ1) is 6.27. The number of nitrogens with zero attached hydrogens (tertiary/aromatic N) is 1. The molecule has 1 aliphatic carbocycles. The van der Waals surface area contributed by atoms with Crippen molar-refractivity contribution in [3.63, 3.8) is 0 Å². The van der Waals surface area contributed by atoms with Gasteiger partial charge in [0.2, 0.25) is 6.08 Å². The van der Waals surface area contributed by atoms with Gasteiger partial charge in [0.1, 0.15) is 0 Å². The zero-order chi connectivity index (χ0) is 9.31. The Hall–Kier alpha value is -0.920. The molecule has 1 aromatic rings. The average molecular weight is 238 g/mol. The molecule has 3 heteroatoms. The number of rotatable bonds is 2. The summed E-state index contributed by atoms with van der Waals surface area (Å²) in [4.78, 5) is 14.1. The first kappa shape index (κ1) is 8.67. The molecule has 1 aromatic carbocycles.